The Bertz CT molecular complexity index is 1050. The number of rotatable bonds is 43. The number of hydrogen-bond acceptors (Lipinski definition) is 7. The van der Waals surface area contributed by atoms with Gasteiger partial charge in [-0.15, -0.1) is 0 Å². The highest BCUT2D eigenvalue weighted by Crippen LogP contribution is 2.15. The molecule has 2 unspecified atom stereocenters. The van der Waals surface area contributed by atoms with Gasteiger partial charge in [-0.05, 0) is 51.4 Å². The minimum absolute atomic E-state index is 0.0412. The maximum Gasteiger partial charge on any atom is 0.306 e. The van der Waals surface area contributed by atoms with Crippen molar-refractivity contribution in [2.45, 2.75) is 225 Å². The van der Waals surface area contributed by atoms with Crippen molar-refractivity contribution in [2.24, 2.45) is 0 Å². The summed E-state index contributed by atoms with van der Waals surface area (Å²) in [7, 11) is 5.41. The van der Waals surface area contributed by atoms with Crippen LogP contribution in [0.25, 0.3) is 0 Å². The molecular weight excluding hydrogens is 727 g/mol. The maximum atomic E-state index is 12.7. The highest BCUT2D eigenvalue weighted by Gasteiger charge is 2.25. The molecule has 0 aliphatic heterocycles. The van der Waals surface area contributed by atoms with E-state index >= 15 is 0 Å². The van der Waals surface area contributed by atoms with E-state index in [0.717, 1.165) is 57.8 Å². The van der Waals surface area contributed by atoms with Crippen molar-refractivity contribution in [3.05, 3.63) is 36.5 Å². The molecule has 0 saturated carbocycles. The molecule has 8 nitrogen and oxygen atoms in total. The monoisotopic (exact) mass is 818 g/mol. The summed E-state index contributed by atoms with van der Waals surface area (Å²) in [5, 5.41) is 11.6. The topological polar surface area (TPSA) is 102 Å². The molecule has 0 amide bonds. The van der Waals surface area contributed by atoms with Crippen LogP contribution in [-0.2, 0) is 28.6 Å². The molecule has 0 N–H and O–H groups in total. The third-order valence-electron chi connectivity index (χ3n) is 10.8. The van der Waals surface area contributed by atoms with Gasteiger partial charge in [0.25, 0.3) is 0 Å². The van der Waals surface area contributed by atoms with Gasteiger partial charge < -0.3 is 28.6 Å². The molecule has 0 rings (SSSR count). The molecule has 8 heteroatoms. The molecule has 58 heavy (non-hydrogen) atoms. The predicted molar refractivity (Wildman–Crippen MR) is 240 cm³/mol. The molecule has 2 atom stereocenters. The first-order valence-electron chi connectivity index (χ1n) is 24.0. The number of allylic oxidation sites excluding steroid dienone is 6. The van der Waals surface area contributed by atoms with E-state index in [1.165, 1.54) is 122 Å². The number of ether oxygens (including phenoxy) is 3. The van der Waals surface area contributed by atoms with Gasteiger partial charge in [-0.2, -0.15) is 0 Å². The Morgan fingerprint density at radius 2 is 0.914 bits per heavy atom. The fourth-order valence-electron chi connectivity index (χ4n) is 7.02. The summed E-state index contributed by atoms with van der Waals surface area (Å²) in [5.74, 6) is -1.73. The van der Waals surface area contributed by atoms with Gasteiger partial charge in [0.15, 0.2) is 6.10 Å². The summed E-state index contributed by atoms with van der Waals surface area (Å²) in [6.07, 6.45) is 47.3. The van der Waals surface area contributed by atoms with Crippen molar-refractivity contribution in [3.8, 4) is 0 Å². The minimum atomic E-state index is -1.12. The molecule has 0 saturated heterocycles. The van der Waals surface area contributed by atoms with Gasteiger partial charge in [-0.25, -0.2) is 0 Å². The van der Waals surface area contributed by atoms with Crippen LogP contribution in [0.1, 0.15) is 213 Å². The number of aliphatic carboxylic acids is 1. The molecule has 0 aromatic rings. The first-order chi connectivity index (χ1) is 28.1. The summed E-state index contributed by atoms with van der Waals surface area (Å²) < 4.78 is 17.2. The van der Waals surface area contributed by atoms with Gasteiger partial charge in [0.1, 0.15) is 12.6 Å². The Morgan fingerprint density at radius 3 is 1.38 bits per heavy atom. The lowest BCUT2D eigenvalue weighted by Gasteiger charge is -2.34. The summed E-state index contributed by atoms with van der Waals surface area (Å²) in [5.41, 5.74) is 0. The first-order valence-corrected chi connectivity index (χ1v) is 24.0. The van der Waals surface area contributed by atoms with E-state index in [-0.39, 0.29) is 42.7 Å². The number of likely N-dealkylation sites (N-methyl/N-ethyl adjacent to an activating group) is 1. The minimum Gasteiger partial charge on any atom is -0.544 e. The van der Waals surface area contributed by atoms with Gasteiger partial charge in [0.05, 0.1) is 40.3 Å². The van der Waals surface area contributed by atoms with Gasteiger partial charge >= 0.3 is 11.9 Å². The fourth-order valence-corrected chi connectivity index (χ4v) is 7.02. The number of carboxylic acids is 1. The average molecular weight is 818 g/mol. The number of esters is 2. The van der Waals surface area contributed by atoms with Crippen LogP contribution < -0.4 is 5.11 Å². The fraction of sp³-hybridized carbons (Fsp3) is 0.820. The van der Waals surface area contributed by atoms with Crippen LogP contribution in [0.15, 0.2) is 36.5 Å². The SMILES string of the molecule is CCCCC/C=C/C/C=C/C/C=C/CCCCCCCCCCCC(=O)OC(COCCC(C(=O)[O-])[N+](C)(C)C)COC(=O)CCCCCCCCCCCCCC. The Labute approximate surface area is 357 Å². The highest BCUT2D eigenvalue weighted by molar-refractivity contribution is 5.70. The van der Waals surface area contributed by atoms with Gasteiger partial charge in [0, 0.05) is 19.3 Å². The molecule has 338 valence electrons. The van der Waals surface area contributed by atoms with E-state index < -0.39 is 18.1 Å². The predicted octanol–water partition coefficient (Wildman–Crippen LogP) is 12.1. The zero-order valence-corrected chi connectivity index (χ0v) is 38.5. The van der Waals surface area contributed by atoms with Crippen LogP contribution in [0.3, 0.4) is 0 Å². The lowest BCUT2D eigenvalue weighted by atomic mass is 10.0. The largest absolute Gasteiger partial charge is 0.544 e. The molecule has 0 radical (unpaired) electrons. The second-order valence-corrected chi connectivity index (χ2v) is 17.4. The standard InChI is InChI=1S/C50H91NO7/c1-6-8-10-12-14-16-18-20-21-22-23-24-25-26-27-28-29-31-33-35-37-39-41-49(53)58-46(44-56-43-42-47(50(54)55)51(3,4)5)45-57-48(52)40-38-36-34-32-30-19-17-15-13-11-9-7-2/h14,16,20-21,23-24,46-47H,6-13,15,17-19,22,25-45H2,1-5H3/b16-14+,21-20+,24-23+. The van der Waals surface area contributed by atoms with Gasteiger partial charge in [-0.1, -0.05) is 179 Å². The number of quaternary nitrogens is 1. The summed E-state index contributed by atoms with van der Waals surface area (Å²) in [6, 6.07) is -0.725. The third kappa shape index (κ3) is 39.0. The normalized spacial score (nSPS) is 13.2. The number of unbranched alkanes of at least 4 members (excludes halogenated alkanes) is 23. The number of carbonyl (C=O) groups excluding carboxylic acids is 3. The molecule has 0 fully saturated rings. The zero-order chi connectivity index (χ0) is 42.8. The van der Waals surface area contributed by atoms with Gasteiger partial charge in [-0.3, -0.25) is 9.59 Å². The molecule has 0 aromatic heterocycles. The molecule has 0 spiro atoms. The van der Waals surface area contributed by atoms with E-state index in [1.807, 2.05) is 0 Å². The van der Waals surface area contributed by atoms with Crippen molar-refractivity contribution >= 4 is 17.9 Å². The number of nitrogens with zero attached hydrogens (tertiary/aromatic N) is 1. The molecule has 0 aliphatic carbocycles. The molecule has 0 aliphatic rings. The van der Waals surface area contributed by atoms with Crippen LogP contribution in [0.2, 0.25) is 0 Å². The lowest BCUT2D eigenvalue weighted by molar-refractivity contribution is -0.889. The van der Waals surface area contributed by atoms with E-state index in [2.05, 4.69) is 50.3 Å². The van der Waals surface area contributed by atoms with E-state index in [4.69, 9.17) is 14.2 Å². The Hall–Kier alpha value is -2.45. The molecular formula is C50H91NO7. The lowest BCUT2D eigenvalue weighted by Crippen LogP contribution is -2.55. The highest BCUT2D eigenvalue weighted by atomic mass is 16.6. The van der Waals surface area contributed by atoms with E-state index in [0.29, 0.717) is 12.8 Å². The zero-order valence-electron chi connectivity index (χ0n) is 38.5. The third-order valence-corrected chi connectivity index (χ3v) is 10.8. The van der Waals surface area contributed by atoms with Crippen LogP contribution in [0.5, 0.6) is 0 Å². The quantitative estimate of drug-likeness (QED) is 0.0261. The van der Waals surface area contributed by atoms with Crippen molar-refractivity contribution in [1.29, 1.82) is 0 Å². The van der Waals surface area contributed by atoms with E-state index in [1.54, 1.807) is 21.1 Å². The Kier molecular flexibility index (Phi) is 39.5. The Morgan fingerprint density at radius 1 is 0.517 bits per heavy atom. The number of carbonyl (C=O) groups is 3. The van der Waals surface area contributed by atoms with Crippen LogP contribution in [0.4, 0.5) is 0 Å². The maximum absolute atomic E-state index is 12.7. The van der Waals surface area contributed by atoms with Crippen LogP contribution in [0, 0.1) is 0 Å². The van der Waals surface area contributed by atoms with E-state index in [9.17, 15) is 19.5 Å². The van der Waals surface area contributed by atoms with Crippen LogP contribution >= 0.6 is 0 Å². The number of carboxylic acid groups (broad SMARTS) is 1. The summed E-state index contributed by atoms with van der Waals surface area (Å²) in [6.45, 7) is 4.64. The summed E-state index contributed by atoms with van der Waals surface area (Å²) in [4.78, 5) is 36.9. The second-order valence-electron chi connectivity index (χ2n) is 17.4. The smallest absolute Gasteiger partial charge is 0.306 e. The second kappa shape index (κ2) is 41.3. The molecule has 0 heterocycles. The van der Waals surface area contributed by atoms with Crippen molar-refractivity contribution in [3.63, 3.8) is 0 Å². The van der Waals surface area contributed by atoms with Crippen molar-refractivity contribution < 1.29 is 38.2 Å². The van der Waals surface area contributed by atoms with Crippen molar-refractivity contribution in [2.75, 3.05) is 41.0 Å². The average Bonchev–Trinajstić information content (AvgIpc) is 3.18. The van der Waals surface area contributed by atoms with Crippen LogP contribution in [-0.4, -0.2) is 75.5 Å². The Balaban J connectivity index is 4.25. The molecule has 0 bridgehead atoms. The van der Waals surface area contributed by atoms with Crippen molar-refractivity contribution in [1.82, 2.24) is 0 Å². The molecule has 0 aromatic carbocycles. The summed E-state index contributed by atoms with van der Waals surface area (Å²) >= 11 is 0. The van der Waals surface area contributed by atoms with Gasteiger partial charge in [0.2, 0.25) is 0 Å². The first kappa shape index (κ1) is 55.5. The number of hydrogen-bond donors (Lipinski definition) is 0.